The predicted molar refractivity (Wildman–Crippen MR) is 100 cm³/mol. The van der Waals surface area contributed by atoms with E-state index in [1.165, 1.54) is 0 Å². The second-order valence-electron chi connectivity index (χ2n) is 7.77. The average molecular weight is 362 g/mol. The zero-order valence-corrected chi connectivity index (χ0v) is 16.4. The molecule has 0 radical (unpaired) electrons. The zero-order chi connectivity index (χ0) is 19.3. The Morgan fingerprint density at radius 3 is 2.42 bits per heavy atom. The van der Waals surface area contributed by atoms with E-state index >= 15 is 0 Å². The van der Waals surface area contributed by atoms with Gasteiger partial charge in [0.2, 0.25) is 5.91 Å². The van der Waals surface area contributed by atoms with Crippen molar-refractivity contribution >= 4 is 12.0 Å². The van der Waals surface area contributed by atoms with Crippen molar-refractivity contribution in [2.24, 2.45) is 0 Å². The summed E-state index contributed by atoms with van der Waals surface area (Å²) in [6.45, 7) is 8.18. The Morgan fingerprint density at radius 1 is 1.27 bits per heavy atom. The highest BCUT2D eigenvalue weighted by atomic mass is 16.6. The fraction of sp³-hybridized carbons (Fsp3) is 0.600. The van der Waals surface area contributed by atoms with Gasteiger partial charge in [-0.15, -0.1) is 0 Å². The van der Waals surface area contributed by atoms with Crippen molar-refractivity contribution in [3.05, 3.63) is 29.8 Å². The molecule has 1 aromatic carbocycles. The highest BCUT2D eigenvalue weighted by molar-refractivity contribution is 5.86. The van der Waals surface area contributed by atoms with Crippen LogP contribution in [0.1, 0.15) is 46.1 Å². The summed E-state index contributed by atoms with van der Waals surface area (Å²) in [7, 11) is 1.61. The highest BCUT2D eigenvalue weighted by Crippen LogP contribution is 2.20. The number of hydrogen-bond donors (Lipinski definition) is 1. The molecule has 0 spiro atoms. The van der Waals surface area contributed by atoms with Crippen LogP contribution in [0.5, 0.6) is 5.75 Å². The van der Waals surface area contributed by atoms with E-state index in [4.69, 9.17) is 9.47 Å². The molecule has 6 nitrogen and oxygen atoms in total. The van der Waals surface area contributed by atoms with E-state index in [0.717, 1.165) is 30.7 Å². The number of hydrogen-bond acceptors (Lipinski definition) is 4. The largest absolute Gasteiger partial charge is 0.497 e. The Hall–Kier alpha value is -2.24. The number of likely N-dealkylation sites (tertiary alicyclic amines) is 1. The van der Waals surface area contributed by atoms with E-state index in [2.05, 4.69) is 5.32 Å². The number of carbonyl (C=O) groups is 2. The summed E-state index contributed by atoms with van der Waals surface area (Å²) in [5, 5.41) is 2.76. The molecule has 26 heavy (non-hydrogen) atoms. The molecule has 144 valence electrons. The lowest BCUT2D eigenvalue weighted by Gasteiger charge is -2.28. The minimum Gasteiger partial charge on any atom is -0.497 e. The number of carbonyl (C=O) groups excluding carboxylic acids is 2. The normalized spacial score (nSPS) is 18.3. The van der Waals surface area contributed by atoms with Crippen LogP contribution >= 0.6 is 0 Å². The Labute approximate surface area is 155 Å². The van der Waals surface area contributed by atoms with Crippen molar-refractivity contribution in [2.45, 2.75) is 64.6 Å². The van der Waals surface area contributed by atoms with Crippen LogP contribution in [-0.2, 0) is 16.0 Å². The lowest BCUT2D eigenvalue weighted by Crippen LogP contribution is -2.51. The summed E-state index contributed by atoms with van der Waals surface area (Å²) in [6, 6.07) is 7.05. The Balaban J connectivity index is 2.14. The lowest BCUT2D eigenvalue weighted by atomic mass is 10.0. The molecule has 2 rings (SSSR count). The average Bonchev–Trinajstić information content (AvgIpc) is 2.98. The summed E-state index contributed by atoms with van der Waals surface area (Å²) < 4.78 is 10.5. The molecule has 6 heteroatoms. The number of rotatable bonds is 5. The van der Waals surface area contributed by atoms with Crippen LogP contribution in [0.25, 0.3) is 0 Å². The molecule has 0 aromatic heterocycles. The van der Waals surface area contributed by atoms with Crippen molar-refractivity contribution in [2.75, 3.05) is 13.7 Å². The molecule has 0 aliphatic carbocycles. The van der Waals surface area contributed by atoms with Crippen LogP contribution in [0.15, 0.2) is 24.3 Å². The number of benzene rings is 1. The molecule has 1 aromatic rings. The maximum atomic E-state index is 13.0. The van der Waals surface area contributed by atoms with E-state index in [9.17, 15) is 9.59 Å². The first-order valence-electron chi connectivity index (χ1n) is 9.12. The second-order valence-corrected chi connectivity index (χ2v) is 7.77. The number of methoxy groups -OCH3 is 1. The molecular weight excluding hydrogens is 332 g/mol. The number of nitrogens with zero attached hydrogens (tertiary/aromatic N) is 1. The maximum Gasteiger partial charge on any atom is 0.408 e. The SMILES string of the molecule is COc1ccc(C[C@H](NC(=O)OC(C)(C)C)C(=O)N2CCCC2C)cc1. The van der Waals surface area contributed by atoms with Gasteiger partial charge in [-0.25, -0.2) is 4.79 Å². The number of ether oxygens (including phenoxy) is 2. The van der Waals surface area contributed by atoms with Crippen molar-refractivity contribution in [1.29, 1.82) is 0 Å². The van der Waals surface area contributed by atoms with Crippen molar-refractivity contribution in [3.8, 4) is 5.75 Å². The summed E-state index contributed by atoms with van der Waals surface area (Å²) in [5.74, 6) is 0.696. The quantitative estimate of drug-likeness (QED) is 0.874. The van der Waals surface area contributed by atoms with Gasteiger partial charge in [0.15, 0.2) is 0 Å². The molecule has 1 heterocycles. The van der Waals surface area contributed by atoms with E-state index < -0.39 is 17.7 Å². The molecular formula is C20H30N2O4. The molecule has 2 atom stereocenters. The standard InChI is InChI=1S/C20H30N2O4/c1-14-7-6-12-22(14)18(23)17(21-19(24)26-20(2,3)4)13-15-8-10-16(25-5)11-9-15/h8-11,14,17H,6-7,12-13H2,1-5H3,(H,21,24)/t14?,17-/m0/s1. The van der Waals surface area contributed by atoms with Gasteiger partial charge >= 0.3 is 6.09 Å². The van der Waals surface area contributed by atoms with E-state index in [1.807, 2.05) is 36.1 Å². The number of alkyl carbamates (subject to hydrolysis) is 1. The van der Waals surface area contributed by atoms with Gasteiger partial charge in [0.25, 0.3) is 0 Å². The van der Waals surface area contributed by atoms with Gasteiger partial charge in [-0.2, -0.15) is 0 Å². The monoisotopic (exact) mass is 362 g/mol. The van der Waals surface area contributed by atoms with E-state index in [-0.39, 0.29) is 11.9 Å². The summed E-state index contributed by atoms with van der Waals surface area (Å²) in [6.07, 6.45) is 1.82. The van der Waals surface area contributed by atoms with Gasteiger partial charge in [-0.1, -0.05) is 12.1 Å². The maximum absolute atomic E-state index is 13.0. The van der Waals surface area contributed by atoms with Gasteiger partial charge in [0.05, 0.1) is 7.11 Å². The smallest absolute Gasteiger partial charge is 0.408 e. The summed E-state index contributed by atoms with van der Waals surface area (Å²) >= 11 is 0. The first-order chi connectivity index (χ1) is 12.2. The third-order valence-corrected chi connectivity index (χ3v) is 4.42. The van der Waals surface area contributed by atoms with Crippen molar-refractivity contribution in [1.82, 2.24) is 10.2 Å². The summed E-state index contributed by atoms with van der Waals surface area (Å²) in [4.78, 5) is 27.1. The van der Waals surface area contributed by atoms with Gasteiger partial charge in [0, 0.05) is 19.0 Å². The topological polar surface area (TPSA) is 67.9 Å². The van der Waals surface area contributed by atoms with Crippen LogP contribution in [0.2, 0.25) is 0 Å². The first kappa shape index (κ1) is 20.1. The Morgan fingerprint density at radius 2 is 1.92 bits per heavy atom. The molecule has 1 fully saturated rings. The fourth-order valence-corrected chi connectivity index (χ4v) is 3.11. The van der Waals surface area contributed by atoms with Gasteiger partial charge < -0.3 is 19.7 Å². The van der Waals surface area contributed by atoms with Crippen LogP contribution in [0.4, 0.5) is 4.79 Å². The molecule has 1 unspecified atom stereocenters. The van der Waals surface area contributed by atoms with Gasteiger partial charge in [0.1, 0.15) is 17.4 Å². The van der Waals surface area contributed by atoms with Crippen LogP contribution in [0.3, 0.4) is 0 Å². The fourth-order valence-electron chi connectivity index (χ4n) is 3.11. The molecule has 1 saturated heterocycles. The molecule has 0 bridgehead atoms. The molecule has 1 aliphatic heterocycles. The van der Waals surface area contributed by atoms with Crippen LogP contribution in [-0.4, -0.2) is 48.2 Å². The van der Waals surface area contributed by atoms with Gasteiger partial charge in [-0.3, -0.25) is 4.79 Å². The molecule has 0 saturated carbocycles. The van der Waals surface area contributed by atoms with E-state index in [1.54, 1.807) is 27.9 Å². The van der Waals surface area contributed by atoms with Gasteiger partial charge in [-0.05, 0) is 58.2 Å². The van der Waals surface area contributed by atoms with E-state index in [0.29, 0.717) is 6.42 Å². The molecule has 1 aliphatic rings. The highest BCUT2D eigenvalue weighted by Gasteiger charge is 2.32. The minimum absolute atomic E-state index is 0.0586. The number of amides is 2. The summed E-state index contributed by atoms with van der Waals surface area (Å²) in [5.41, 5.74) is 0.339. The molecule has 2 amide bonds. The third kappa shape index (κ3) is 5.64. The Bertz CT molecular complexity index is 622. The third-order valence-electron chi connectivity index (χ3n) is 4.42. The number of nitrogens with one attached hydrogen (secondary N) is 1. The minimum atomic E-state index is -0.654. The van der Waals surface area contributed by atoms with Crippen molar-refractivity contribution < 1.29 is 19.1 Å². The Kier molecular flexibility index (Phi) is 6.51. The molecule has 1 N–H and O–H groups in total. The van der Waals surface area contributed by atoms with Crippen molar-refractivity contribution in [3.63, 3.8) is 0 Å². The first-order valence-corrected chi connectivity index (χ1v) is 9.12. The van der Waals surface area contributed by atoms with Crippen LogP contribution < -0.4 is 10.1 Å². The predicted octanol–water partition coefficient (Wildman–Crippen LogP) is 3.14. The zero-order valence-electron chi connectivity index (χ0n) is 16.4. The van der Waals surface area contributed by atoms with Crippen LogP contribution in [0, 0.1) is 0 Å². The lowest BCUT2D eigenvalue weighted by molar-refractivity contribution is -0.134. The second kappa shape index (κ2) is 8.43.